The molecule has 0 fully saturated rings. The third-order valence-corrected chi connectivity index (χ3v) is 2.61. The van der Waals surface area contributed by atoms with Crippen molar-refractivity contribution in [2.75, 3.05) is 0 Å². The molecule has 6 heteroatoms. The van der Waals surface area contributed by atoms with Gasteiger partial charge in [0.05, 0.1) is 12.1 Å². The summed E-state index contributed by atoms with van der Waals surface area (Å²) < 4.78 is 24.0. The molecule has 5 nitrogen and oxygen atoms in total. The summed E-state index contributed by atoms with van der Waals surface area (Å²) in [6.45, 7) is 0.286. The van der Waals surface area contributed by atoms with E-state index in [0.29, 0.717) is 11.5 Å². The zero-order chi connectivity index (χ0) is 13.2. The standard InChI is InChI=1S/C13H10FN3O2/c14-10-4-2-1-3-9(10)12-16-13(19-17-12)11-6-5-8(7-15)18-11/h1-6H,7,15H2. The van der Waals surface area contributed by atoms with Gasteiger partial charge in [-0.1, -0.05) is 17.3 Å². The van der Waals surface area contributed by atoms with E-state index in [1.807, 2.05) is 0 Å². The molecular formula is C13H10FN3O2. The van der Waals surface area contributed by atoms with Crippen molar-refractivity contribution < 1.29 is 13.3 Å². The number of hydrogen-bond donors (Lipinski definition) is 1. The zero-order valence-electron chi connectivity index (χ0n) is 9.84. The van der Waals surface area contributed by atoms with Crippen molar-refractivity contribution in [3.63, 3.8) is 0 Å². The first kappa shape index (κ1) is 11.6. The highest BCUT2D eigenvalue weighted by molar-refractivity contribution is 5.57. The van der Waals surface area contributed by atoms with Gasteiger partial charge in [0, 0.05) is 0 Å². The first-order chi connectivity index (χ1) is 9.28. The molecule has 0 saturated heterocycles. The van der Waals surface area contributed by atoms with Crippen LogP contribution >= 0.6 is 0 Å². The van der Waals surface area contributed by atoms with Crippen molar-refractivity contribution in [2.24, 2.45) is 5.73 Å². The average Bonchev–Trinajstić information content (AvgIpc) is 3.08. The van der Waals surface area contributed by atoms with Gasteiger partial charge in [0.15, 0.2) is 5.76 Å². The average molecular weight is 259 g/mol. The summed E-state index contributed by atoms with van der Waals surface area (Å²) in [6, 6.07) is 9.62. The number of aromatic nitrogens is 2. The van der Waals surface area contributed by atoms with Crippen LogP contribution in [0.5, 0.6) is 0 Å². The molecule has 0 unspecified atom stereocenters. The van der Waals surface area contributed by atoms with E-state index in [0.717, 1.165) is 0 Å². The van der Waals surface area contributed by atoms with E-state index >= 15 is 0 Å². The summed E-state index contributed by atoms with van der Waals surface area (Å²) in [5, 5.41) is 3.74. The summed E-state index contributed by atoms with van der Waals surface area (Å²) in [6.07, 6.45) is 0. The van der Waals surface area contributed by atoms with Gasteiger partial charge >= 0.3 is 0 Å². The molecule has 0 atom stereocenters. The molecule has 96 valence electrons. The minimum Gasteiger partial charge on any atom is -0.455 e. The highest BCUT2D eigenvalue weighted by Crippen LogP contribution is 2.25. The van der Waals surface area contributed by atoms with E-state index in [1.165, 1.54) is 6.07 Å². The van der Waals surface area contributed by atoms with E-state index in [9.17, 15) is 4.39 Å². The van der Waals surface area contributed by atoms with E-state index < -0.39 is 5.82 Å². The summed E-state index contributed by atoms with van der Waals surface area (Å²) >= 11 is 0. The van der Waals surface area contributed by atoms with E-state index in [-0.39, 0.29) is 23.8 Å². The lowest BCUT2D eigenvalue weighted by Crippen LogP contribution is -1.92. The largest absolute Gasteiger partial charge is 0.455 e. The second-order valence-electron chi connectivity index (χ2n) is 3.87. The van der Waals surface area contributed by atoms with E-state index in [1.54, 1.807) is 30.3 Å². The van der Waals surface area contributed by atoms with Crippen LogP contribution in [0, 0.1) is 5.82 Å². The minimum absolute atomic E-state index is 0.179. The Morgan fingerprint density at radius 2 is 2.00 bits per heavy atom. The summed E-state index contributed by atoms with van der Waals surface area (Å²) in [5.41, 5.74) is 5.73. The summed E-state index contributed by atoms with van der Waals surface area (Å²) in [4.78, 5) is 4.11. The molecule has 0 amide bonds. The molecule has 0 bridgehead atoms. The van der Waals surface area contributed by atoms with Gasteiger partial charge in [0.25, 0.3) is 5.89 Å². The maximum Gasteiger partial charge on any atom is 0.293 e. The van der Waals surface area contributed by atoms with Gasteiger partial charge in [-0.05, 0) is 24.3 Å². The van der Waals surface area contributed by atoms with Gasteiger partial charge in [0.2, 0.25) is 5.82 Å². The highest BCUT2D eigenvalue weighted by Gasteiger charge is 2.15. The van der Waals surface area contributed by atoms with Gasteiger partial charge in [0.1, 0.15) is 11.6 Å². The maximum absolute atomic E-state index is 13.6. The number of halogens is 1. The van der Waals surface area contributed by atoms with Crippen molar-refractivity contribution in [1.82, 2.24) is 10.1 Å². The van der Waals surface area contributed by atoms with Crippen LogP contribution in [0.15, 0.2) is 45.3 Å². The monoisotopic (exact) mass is 259 g/mol. The normalized spacial score (nSPS) is 10.8. The lowest BCUT2D eigenvalue weighted by Gasteiger charge is -1.94. The fourth-order valence-electron chi connectivity index (χ4n) is 1.68. The van der Waals surface area contributed by atoms with Crippen molar-refractivity contribution in [2.45, 2.75) is 6.54 Å². The molecule has 0 saturated carbocycles. The summed E-state index contributed by atoms with van der Waals surface area (Å²) in [7, 11) is 0. The lowest BCUT2D eigenvalue weighted by molar-refractivity contribution is 0.411. The summed E-state index contributed by atoms with van der Waals surface area (Å²) in [5.74, 6) is 0.991. The van der Waals surface area contributed by atoms with Crippen LogP contribution in [0.2, 0.25) is 0 Å². The van der Waals surface area contributed by atoms with Crippen molar-refractivity contribution in [3.05, 3.63) is 48.0 Å². The molecule has 0 radical (unpaired) electrons. The topological polar surface area (TPSA) is 78.1 Å². The second kappa shape index (κ2) is 4.66. The molecule has 2 aromatic heterocycles. The highest BCUT2D eigenvalue weighted by atomic mass is 19.1. The molecule has 2 N–H and O–H groups in total. The van der Waals surface area contributed by atoms with Gasteiger partial charge < -0.3 is 14.7 Å². The fourth-order valence-corrected chi connectivity index (χ4v) is 1.68. The molecule has 1 aromatic carbocycles. The smallest absolute Gasteiger partial charge is 0.293 e. The van der Waals surface area contributed by atoms with Crippen molar-refractivity contribution in [1.29, 1.82) is 0 Å². The molecule has 0 aliphatic heterocycles. The Morgan fingerprint density at radius 3 is 2.74 bits per heavy atom. The van der Waals surface area contributed by atoms with Crippen LogP contribution in [-0.4, -0.2) is 10.1 Å². The second-order valence-corrected chi connectivity index (χ2v) is 3.87. The number of benzene rings is 1. The SMILES string of the molecule is NCc1ccc(-c2nc(-c3ccccc3F)no2)o1. The number of hydrogen-bond acceptors (Lipinski definition) is 5. The quantitative estimate of drug-likeness (QED) is 0.782. The molecule has 19 heavy (non-hydrogen) atoms. The Kier molecular flexibility index (Phi) is 2.85. The van der Waals surface area contributed by atoms with E-state index in [4.69, 9.17) is 14.7 Å². The molecule has 0 aliphatic rings. The third-order valence-electron chi connectivity index (χ3n) is 2.61. The number of nitrogens with zero attached hydrogens (tertiary/aromatic N) is 2. The van der Waals surface area contributed by atoms with Gasteiger partial charge in [-0.25, -0.2) is 4.39 Å². The van der Waals surface area contributed by atoms with Gasteiger partial charge in [-0.3, -0.25) is 0 Å². The molecule has 0 spiro atoms. The van der Waals surface area contributed by atoms with Crippen LogP contribution in [-0.2, 0) is 6.54 Å². The molecular weight excluding hydrogens is 249 g/mol. The maximum atomic E-state index is 13.6. The Morgan fingerprint density at radius 1 is 1.16 bits per heavy atom. The van der Waals surface area contributed by atoms with Crippen molar-refractivity contribution in [3.8, 4) is 23.0 Å². The number of rotatable bonds is 3. The van der Waals surface area contributed by atoms with Gasteiger partial charge in [-0.2, -0.15) is 4.98 Å². The minimum atomic E-state index is -0.406. The molecule has 2 heterocycles. The Labute approximate surface area is 107 Å². The fraction of sp³-hybridized carbons (Fsp3) is 0.0769. The Bertz CT molecular complexity index is 705. The first-order valence-electron chi connectivity index (χ1n) is 5.65. The third kappa shape index (κ3) is 2.13. The Balaban J connectivity index is 1.97. The van der Waals surface area contributed by atoms with Crippen LogP contribution in [0.1, 0.15) is 5.76 Å². The van der Waals surface area contributed by atoms with E-state index in [2.05, 4.69) is 10.1 Å². The van der Waals surface area contributed by atoms with Crippen LogP contribution in [0.25, 0.3) is 23.0 Å². The molecule has 0 aliphatic carbocycles. The predicted octanol–water partition coefficient (Wildman–Crippen LogP) is 2.59. The lowest BCUT2D eigenvalue weighted by atomic mass is 10.2. The number of nitrogens with two attached hydrogens (primary N) is 1. The molecule has 3 aromatic rings. The molecule has 3 rings (SSSR count). The van der Waals surface area contributed by atoms with Crippen LogP contribution < -0.4 is 5.73 Å². The van der Waals surface area contributed by atoms with Crippen LogP contribution in [0.4, 0.5) is 4.39 Å². The van der Waals surface area contributed by atoms with Crippen LogP contribution in [0.3, 0.4) is 0 Å². The van der Waals surface area contributed by atoms with Gasteiger partial charge in [-0.15, -0.1) is 0 Å². The predicted molar refractivity (Wildman–Crippen MR) is 65.3 cm³/mol. The first-order valence-corrected chi connectivity index (χ1v) is 5.65. The zero-order valence-corrected chi connectivity index (χ0v) is 9.84. The van der Waals surface area contributed by atoms with Crippen molar-refractivity contribution >= 4 is 0 Å². The number of furan rings is 1. The Hall–Kier alpha value is -2.47.